The number of nitrogens with zero attached hydrogens (tertiary/aromatic N) is 1. The van der Waals surface area contributed by atoms with Gasteiger partial charge in [0.25, 0.3) is 5.91 Å². The van der Waals surface area contributed by atoms with Gasteiger partial charge >= 0.3 is 16.9 Å². The number of esters is 2. The van der Waals surface area contributed by atoms with E-state index in [1.807, 2.05) is 0 Å². The smallest absolute Gasteiger partial charge is 0.349 e. The second-order valence-electron chi connectivity index (χ2n) is 6.89. The Morgan fingerprint density at radius 2 is 1.90 bits per heavy atom. The summed E-state index contributed by atoms with van der Waals surface area (Å²) in [6.07, 6.45) is 3.27. The Hall–Kier alpha value is -2.79. The van der Waals surface area contributed by atoms with Crippen molar-refractivity contribution in [3.63, 3.8) is 0 Å². The Kier molecular flexibility index (Phi) is 6.83. The van der Waals surface area contributed by atoms with Crippen molar-refractivity contribution >= 4 is 50.5 Å². The van der Waals surface area contributed by atoms with E-state index >= 15 is 0 Å². The summed E-state index contributed by atoms with van der Waals surface area (Å²) in [5, 5.41) is 13.6. The summed E-state index contributed by atoms with van der Waals surface area (Å²) < 4.78 is 10.3. The minimum Gasteiger partial charge on any atom is -0.459 e. The number of rotatable bonds is 7. The number of amides is 1. The highest BCUT2D eigenvalue weighted by atomic mass is 32.1. The van der Waals surface area contributed by atoms with Crippen LogP contribution < -0.4 is 5.32 Å². The van der Waals surface area contributed by atoms with Gasteiger partial charge in [0.05, 0.1) is 16.6 Å². The van der Waals surface area contributed by atoms with Crippen molar-refractivity contribution < 1.29 is 28.8 Å². The third kappa shape index (κ3) is 5.03. The molecule has 1 aliphatic carbocycles. The minimum atomic E-state index is -0.826. The van der Waals surface area contributed by atoms with Gasteiger partial charge in [0.1, 0.15) is 9.88 Å². The SMILES string of the molecule is CC(C)OC(=O)c1c(NC(=O)COC(=O)c2ccc([N+](=O)[O-])s2)sc2c1CCCC2. The summed E-state index contributed by atoms with van der Waals surface area (Å²) in [4.78, 5) is 48.1. The molecule has 1 N–H and O–H groups in total. The molecule has 2 aromatic rings. The Labute approximate surface area is 180 Å². The summed E-state index contributed by atoms with van der Waals surface area (Å²) in [5.74, 6) is -1.91. The molecule has 0 atom stereocenters. The normalized spacial score (nSPS) is 12.9. The van der Waals surface area contributed by atoms with Crippen LogP contribution in [0.2, 0.25) is 0 Å². The number of hydrogen-bond acceptors (Lipinski definition) is 9. The number of fused-ring (bicyclic) bond motifs is 1. The molecular formula is C19H20N2O7S2. The molecule has 2 heterocycles. The van der Waals surface area contributed by atoms with Crippen LogP contribution in [0.15, 0.2) is 12.1 Å². The number of anilines is 1. The maximum atomic E-state index is 12.6. The van der Waals surface area contributed by atoms with Crippen molar-refractivity contribution in [2.75, 3.05) is 11.9 Å². The van der Waals surface area contributed by atoms with Gasteiger partial charge in [0.15, 0.2) is 6.61 Å². The van der Waals surface area contributed by atoms with Gasteiger partial charge in [0.2, 0.25) is 0 Å². The second kappa shape index (κ2) is 9.35. The van der Waals surface area contributed by atoms with Crippen LogP contribution in [-0.2, 0) is 27.1 Å². The van der Waals surface area contributed by atoms with Crippen LogP contribution in [0.3, 0.4) is 0 Å². The van der Waals surface area contributed by atoms with Gasteiger partial charge in [-0.1, -0.05) is 11.3 Å². The number of hydrogen-bond donors (Lipinski definition) is 1. The summed E-state index contributed by atoms with van der Waals surface area (Å²) in [5.41, 5.74) is 1.28. The van der Waals surface area contributed by atoms with Crippen LogP contribution >= 0.6 is 22.7 Å². The van der Waals surface area contributed by atoms with Gasteiger partial charge in [-0.05, 0) is 51.2 Å². The largest absolute Gasteiger partial charge is 0.459 e. The van der Waals surface area contributed by atoms with E-state index in [2.05, 4.69) is 5.32 Å². The van der Waals surface area contributed by atoms with Crippen LogP contribution in [0.1, 0.15) is 57.2 Å². The minimum absolute atomic E-state index is 0.0299. The third-order valence-corrected chi connectivity index (χ3v) is 6.50. The van der Waals surface area contributed by atoms with Crippen molar-refractivity contribution in [1.29, 1.82) is 0 Å². The van der Waals surface area contributed by atoms with Gasteiger partial charge in [-0.3, -0.25) is 14.9 Å². The highest BCUT2D eigenvalue weighted by Gasteiger charge is 2.28. The molecule has 0 radical (unpaired) electrons. The average Bonchev–Trinajstić information content (AvgIpc) is 3.30. The zero-order valence-electron chi connectivity index (χ0n) is 16.4. The van der Waals surface area contributed by atoms with Crippen LogP contribution in [0, 0.1) is 10.1 Å². The lowest BCUT2D eigenvalue weighted by atomic mass is 9.95. The molecular weight excluding hydrogens is 432 g/mol. The van der Waals surface area contributed by atoms with Gasteiger partial charge in [0, 0.05) is 10.9 Å². The van der Waals surface area contributed by atoms with Crippen LogP contribution in [0.4, 0.5) is 10.0 Å². The molecule has 0 saturated carbocycles. The fraction of sp³-hybridized carbons (Fsp3) is 0.421. The van der Waals surface area contributed by atoms with Crippen molar-refractivity contribution in [2.45, 2.75) is 45.6 Å². The Bertz CT molecular complexity index is 993. The number of aryl methyl sites for hydroxylation is 1. The summed E-state index contributed by atoms with van der Waals surface area (Å²) in [7, 11) is 0. The predicted octanol–water partition coefficient (Wildman–Crippen LogP) is 3.96. The lowest BCUT2D eigenvalue weighted by Crippen LogP contribution is -2.22. The highest BCUT2D eigenvalue weighted by Crippen LogP contribution is 2.38. The van der Waals surface area contributed by atoms with E-state index < -0.39 is 29.4 Å². The van der Waals surface area contributed by atoms with E-state index in [0.717, 1.165) is 36.1 Å². The molecule has 9 nitrogen and oxygen atoms in total. The maximum Gasteiger partial charge on any atom is 0.349 e. The molecule has 0 spiro atoms. The van der Waals surface area contributed by atoms with Gasteiger partial charge in [-0.25, -0.2) is 9.59 Å². The van der Waals surface area contributed by atoms with Crippen LogP contribution in [0.25, 0.3) is 0 Å². The quantitative estimate of drug-likeness (QED) is 0.383. The van der Waals surface area contributed by atoms with Crippen molar-refractivity contribution in [2.24, 2.45) is 0 Å². The monoisotopic (exact) mass is 452 g/mol. The standard InChI is InChI=1S/C19H20N2O7S2/c1-10(2)28-19(24)16-11-5-3-4-6-12(11)30-17(16)20-14(22)9-27-18(23)13-7-8-15(29-13)21(25)26/h7-8,10H,3-6,9H2,1-2H3,(H,20,22). The van der Waals surface area contributed by atoms with E-state index in [1.165, 1.54) is 23.5 Å². The zero-order chi connectivity index (χ0) is 21.8. The first-order chi connectivity index (χ1) is 14.3. The molecule has 30 heavy (non-hydrogen) atoms. The first-order valence-electron chi connectivity index (χ1n) is 9.33. The summed E-state index contributed by atoms with van der Waals surface area (Å²) in [6.45, 7) is 2.93. The van der Waals surface area contributed by atoms with Gasteiger partial charge in [-0.15, -0.1) is 11.3 Å². The lowest BCUT2D eigenvalue weighted by molar-refractivity contribution is -0.380. The van der Waals surface area contributed by atoms with Crippen molar-refractivity contribution in [1.82, 2.24) is 0 Å². The molecule has 1 aliphatic rings. The number of thiophene rings is 2. The average molecular weight is 453 g/mol. The Balaban J connectivity index is 1.68. The molecule has 0 unspecified atom stereocenters. The maximum absolute atomic E-state index is 12.6. The van der Waals surface area contributed by atoms with Gasteiger partial charge < -0.3 is 14.8 Å². The first-order valence-corrected chi connectivity index (χ1v) is 11.0. The number of nitrogens with one attached hydrogen (secondary N) is 1. The molecule has 1 amide bonds. The molecule has 0 fully saturated rings. The molecule has 160 valence electrons. The van der Waals surface area contributed by atoms with E-state index in [4.69, 9.17) is 9.47 Å². The number of nitro groups is 1. The van der Waals surface area contributed by atoms with E-state index in [0.29, 0.717) is 21.9 Å². The molecule has 0 aromatic carbocycles. The van der Waals surface area contributed by atoms with Crippen molar-refractivity contribution in [3.8, 4) is 0 Å². The molecule has 2 aromatic heterocycles. The molecule has 0 bridgehead atoms. The summed E-state index contributed by atoms with van der Waals surface area (Å²) in [6, 6.07) is 2.47. The Morgan fingerprint density at radius 1 is 1.17 bits per heavy atom. The lowest BCUT2D eigenvalue weighted by Gasteiger charge is -2.14. The fourth-order valence-corrected chi connectivity index (χ4v) is 5.05. The second-order valence-corrected chi connectivity index (χ2v) is 9.06. The van der Waals surface area contributed by atoms with Gasteiger partial charge in [-0.2, -0.15) is 0 Å². The predicted molar refractivity (Wildman–Crippen MR) is 111 cm³/mol. The molecule has 11 heteroatoms. The third-order valence-electron chi connectivity index (χ3n) is 4.28. The van der Waals surface area contributed by atoms with Crippen molar-refractivity contribution in [3.05, 3.63) is 43.1 Å². The number of ether oxygens (including phenoxy) is 2. The number of carbonyl (C=O) groups excluding carboxylic acids is 3. The zero-order valence-corrected chi connectivity index (χ0v) is 18.0. The Morgan fingerprint density at radius 3 is 2.57 bits per heavy atom. The first kappa shape index (κ1) is 21.9. The van der Waals surface area contributed by atoms with Crippen LogP contribution in [0.5, 0.6) is 0 Å². The topological polar surface area (TPSA) is 125 Å². The molecule has 3 rings (SSSR count). The molecule has 0 aliphatic heterocycles. The van der Waals surface area contributed by atoms with E-state index in [1.54, 1.807) is 13.8 Å². The highest BCUT2D eigenvalue weighted by molar-refractivity contribution is 7.17. The summed E-state index contributed by atoms with van der Waals surface area (Å²) >= 11 is 2.01. The van der Waals surface area contributed by atoms with E-state index in [9.17, 15) is 24.5 Å². The molecule has 0 saturated heterocycles. The fourth-order valence-electron chi connectivity index (χ4n) is 3.04. The number of carbonyl (C=O) groups is 3. The van der Waals surface area contributed by atoms with E-state index in [-0.39, 0.29) is 16.0 Å². The van der Waals surface area contributed by atoms with Crippen LogP contribution in [-0.4, -0.2) is 35.5 Å².